The lowest BCUT2D eigenvalue weighted by atomic mass is 9.92. The molecule has 7 heteroatoms. The van der Waals surface area contributed by atoms with Crippen molar-refractivity contribution in [2.45, 2.75) is 33.0 Å². The minimum atomic E-state index is -4.46. The molecule has 1 fully saturated rings. The van der Waals surface area contributed by atoms with E-state index in [9.17, 15) is 13.2 Å². The number of pyridine rings is 1. The Morgan fingerprint density at radius 3 is 2.55 bits per heavy atom. The maximum atomic E-state index is 13.4. The van der Waals surface area contributed by atoms with Gasteiger partial charge in [0.25, 0.3) is 0 Å². The van der Waals surface area contributed by atoms with Crippen LogP contribution in [-0.4, -0.2) is 32.9 Å². The van der Waals surface area contributed by atoms with Crippen molar-refractivity contribution in [1.29, 1.82) is 0 Å². The van der Waals surface area contributed by atoms with Gasteiger partial charge in [-0.2, -0.15) is 13.2 Å². The molecule has 3 aromatic rings. The van der Waals surface area contributed by atoms with E-state index >= 15 is 0 Å². The van der Waals surface area contributed by atoms with E-state index in [0.29, 0.717) is 35.3 Å². The van der Waals surface area contributed by atoms with Crippen LogP contribution in [0.3, 0.4) is 0 Å². The van der Waals surface area contributed by atoms with E-state index in [1.807, 2.05) is 0 Å². The lowest BCUT2D eigenvalue weighted by molar-refractivity contribution is -0.137. The Morgan fingerprint density at radius 2 is 1.83 bits per heavy atom. The fourth-order valence-electron chi connectivity index (χ4n) is 4.27. The third-order valence-electron chi connectivity index (χ3n) is 5.33. The Labute approximate surface area is 167 Å². The van der Waals surface area contributed by atoms with E-state index in [4.69, 9.17) is 0 Å². The highest BCUT2D eigenvalue weighted by atomic mass is 19.4. The number of hydrogen-bond donors (Lipinski definition) is 0. The van der Waals surface area contributed by atoms with Crippen LogP contribution in [-0.2, 0) is 12.7 Å². The van der Waals surface area contributed by atoms with Gasteiger partial charge in [0, 0.05) is 36.4 Å². The number of benzene rings is 1. The lowest BCUT2D eigenvalue weighted by Crippen LogP contribution is -2.38. The van der Waals surface area contributed by atoms with Crippen LogP contribution in [0.25, 0.3) is 22.2 Å². The molecule has 1 aliphatic rings. The first-order chi connectivity index (χ1) is 13.8. The normalized spacial score (nSPS) is 20.9. The summed E-state index contributed by atoms with van der Waals surface area (Å²) in [7, 11) is 0. The first-order valence-corrected chi connectivity index (χ1v) is 9.80. The topological polar surface area (TPSA) is 41.9 Å². The zero-order chi connectivity index (χ0) is 20.6. The summed E-state index contributed by atoms with van der Waals surface area (Å²) in [4.78, 5) is 15.4. The standard InChI is InChI=1S/C22H23F3N4/c1-14-8-15(2)12-29(11-14)13-20-27-10-17-6-5-16(9-19(17)28-20)21-18(22(23,24)25)4-3-7-26-21/h3-7,9-10,14-15H,8,11-13H2,1-2H3. The Morgan fingerprint density at radius 1 is 1.07 bits per heavy atom. The average Bonchev–Trinajstić information content (AvgIpc) is 2.66. The molecular weight excluding hydrogens is 377 g/mol. The molecule has 0 amide bonds. The number of rotatable bonds is 3. The number of aromatic nitrogens is 3. The zero-order valence-electron chi connectivity index (χ0n) is 16.4. The van der Waals surface area contributed by atoms with Gasteiger partial charge < -0.3 is 0 Å². The molecular formula is C22H23F3N4. The number of halogens is 3. The van der Waals surface area contributed by atoms with Crippen molar-refractivity contribution < 1.29 is 13.2 Å². The Hall–Kier alpha value is -2.54. The van der Waals surface area contributed by atoms with E-state index < -0.39 is 11.7 Å². The number of nitrogens with zero attached hydrogens (tertiary/aromatic N) is 4. The van der Waals surface area contributed by atoms with Crippen molar-refractivity contribution in [3.05, 3.63) is 54.1 Å². The summed E-state index contributed by atoms with van der Waals surface area (Å²) in [5, 5.41) is 0.794. The molecule has 4 nitrogen and oxygen atoms in total. The largest absolute Gasteiger partial charge is 0.418 e. The predicted octanol–water partition coefficient (Wildman–Crippen LogP) is 5.19. The Bertz CT molecular complexity index is 1010. The first-order valence-electron chi connectivity index (χ1n) is 9.80. The summed E-state index contributed by atoms with van der Waals surface area (Å²) in [6.07, 6.45) is -0.124. The second-order valence-corrected chi connectivity index (χ2v) is 8.10. The number of hydrogen-bond acceptors (Lipinski definition) is 4. The molecule has 0 aliphatic carbocycles. The SMILES string of the molecule is CC1CC(C)CN(Cc2ncc3ccc(-c4ncccc4C(F)(F)F)cc3n2)C1. The fraction of sp³-hybridized carbons (Fsp3) is 0.409. The van der Waals surface area contributed by atoms with Gasteiger partial charge in [-0.1, -0.05) is 26.0 Å². The van der Waals surface area contributed by atoms with Gasteiger partial charge in [0.2, 0.25) is 0 Å². The van der Waals surface area contributed by atoms with E-state index in [1.54, 1.807) is 24.4 Å². The van der Waals surface area contributed by atoms with Crippen LogP contribution in [0.15, 0.2) is 42.7 Å². The van der Waals surface area contributed by atoms with Crippen LogP contribution < -0.4 is 0 Å². The van der Waals surface area contributed by atoms with Gasteiger partial charge in [-0.05, 0) is 36.5 Å². The average molecular weight is 400 g/mol. The van der Waals surface area contributed by atoms with E-state index in [1.165, 1.54) is 18.7 Å². The third-order valence-corrected chi connectivity index (χ3v) is 5.33. The highest BCUT2D eigenvalue weighted by Crippen LogP contribution is 2.36. The van der Waals surface area contributed by atoms with Gasteiger partial charge in [-0.15, -0.1) is 0 Å². The van der Waals surface area contributed by atoms with Crippen molar-refractivity contribution in [2.24, 2.45) is 11.8 Å². The molecule has 0 bridgehead atoms. The second kappa shape index (κ2) is 7.71. The van der Waals surface area contributed by atoms with E-state index in [0.717, 1.165) is 24.5 Å². The maximum absolute atomic E-state index is 13.4. The highest BCUT2D eigenvalue weighted by Gasteiger charge is 2.34. The van der Waals surface area contributed by atoms with Crippen LogP contribution in [0.4, 0.5) is 13.2 Å². The molecule has 4 rings (SSSR count). The van der Waals surface area contributed by atoms with Crippen molar-refractivity contribution in [3.63, 3.8) is 0 Å². The summed E-state index contributed by atoms with van der Waals surface area (Å²) in [6.45, 7) is 7.16. The molecule has 29 heavy (non-hydrogen) atoms. The van der Waals surface area contributed by atoms with Gasteiger partial charge in [0.05, 0.1) is 23.3 Å². The molecule has 2 atom stereocenters. The van der Waals surface area contributed by atoms with Crippen molar-refractivity contribution in [3.8, 4) is 11.3 Å². The van der Waals surface area contributed by atoms with Gasteiger partial charge in [-0.25, -0.2) is 9.97 Å². The molecule has 1 aliphatic heterocycles. The molecule has 0 radical (unpaired) electrons. The minimum absolute atomic E-state index is 0.0826. The van der Waals surface area contributed by atoms with Crippen molar-refractivity contribution in [2.75, 3.05) is 13.1 Å². The van der Waals surface area contributed by atoms with Crippen LogP contribution >= 0.6 is 0 Å². The van der Waals surface area contributed by atoms with Crippen molar-refractivity contribution in [1.82, 2.24) is 19.9 Å². The van der Waals surface area contributed by atoms with Gasteiger partial charge in [0.15, 0.2) is 0 Å². The highest BCUT2D eigenvalue weighted by molar-refractivity contribution is 5.83. The summed E-state index contributed by atoms with van der Waals surface area (Å²) in [6, 6.07) is 7.40. The molecule has 0 N–H and O–H groups in total. The zero-order valence-corrected chi connectivity index (χ0v) is 16.4. The van der Waals surface area contributed by atoms with Crippen LogP contribution in [0.1, 0.15) is 31.7 Å². The molecule has 3 heterocycles. The smallest absolute Gasteiger partial charge is 0.295 e. The first kappa shape index (κ1) is 19.8. The predicted molar refractivity (Wildman–Crippen MR) is 106 cm³/mol. The molecule has 0 saturated carbocycles. The number of fused-ring (bicyclic) bond motifs is 1. The summed E-state index contributed by atoms with van der Waals surface area (Å²) < 4.78 is 40.1. The molecule has 2 unspecified atom stereocenters. The second-order valence-electron chi connectivity index (χ2n) is 8.10. The monoisotopic (exact) mass is 400 g/mol. The number of piperidine rings is 1. The maximum Gasteiger partial charge on any atom is 0.418 e. The van der Waals surface area contributed by atoms with Gasteiger partial charge >= 0.3 is 6.18 Å². The Balaban J connectivity index is 1.66. The molecule has 152 valence electrons. The summed E-state index contributed by atoms with van der Waals surface area (Å²) in [5.41, 5.74) is 0.199. The van der Waals surface area contributed by atoms with Crippen LogP contribution in [0, 0.1) is 11.8 Å². The summed E-state index contributed by atoms with van der Waals surface area (Å²) >= 11 is 0. The van der Waals surface area contributed by atoms with E-state index in [2.05, 4.69) is 33.7 Å². The quantitative estimate of drug-likeness (QED) is 0.607. The molecule has 0 spiro atoms. The van der Waals surface area contributed by atoms with Crippen LogP contribution in [0.5, 0.6) is 0 Å². The Kier molecular flexibility index (Phi) is 5.25. The number of likely N-dealkylation sites (tertiary alicyclic amines) is 1. The van der Waals surface area contributed by atoms with Crippen molar-refractivity contribution >= 4 is 10.9 Å². The minimum Gasteiger partial charge on any atom is -0.295 e. The fourth-order valence-corrected chi connectivity index (χ4v) is 4.27. The van der Waals surface area contributed by atoms with Gasteiger partial charge in [0.1, 0.15) is 5.82 Å². The molecule has 1 aromatic carbocycles. The van der Waals surface area contributed by atoms with E-state index in [-0.39, 0.29) is 5.69 Å². The summed E-state index contributed by atoms with van der Waals surface area (Å²) in [5.74, 6) is 1.96. The lowest BCUT2D eigenvalue weighted by Gasteiger charge is -2.34. The third kappa shape index (κ3) is 4.40. The van der Waals surface area contributed by atoms with Gasteiger partial charge in [-0.3, -0.25) is 9.88 Å². The number of alkyl halides is 3. The molecule has 2 aromatic heterocycles. The molecule has 1 saturated heterocycles. The van der Waals surface area contributed by atoms with Crippen LogP contribution in [0.2, 0.25) is 0 Å².